The summed E-state index contributed by atoms with van der Waals surface area (Å²) in [5, 5.41) is 3.40. The summed E-state index contributed by atoms with van der Waals surface area (Å²) in [5.41, 5.74) is 2.41. The van der Waals surface area contributed by atoms with Gasteiger partial charge in [-0.2, -0.15) is 0 Å². The van der Waals surface area contributed by atoms with Gasteiger partial charge in [0, 0.05) is 20.3 Å². The van der Waals surface area contributed by atoms with Crippen molar-refractivity contribution in [3.8, 4) is 0 Å². The minimum Gasteiger partial charge on any atom is -0.380 e. The second kappa shape index (κ2) is 5.68. The Morgan fingerprint density at radius 1 is 1.00 bits per heavy atom. The molecule has 3 heteroatoms. The first-order valence-corrected chi connectivity index (χ1v) is 6.86. The van der Waals surface area contributed by atoms with Crippen molar-refractivity contribution in [2.24, 2.45) is 0 Å². The third-order valence-electron chi connectivity index (χ3n) is 2.27. The van der Waals surface area contributed by atoms with Crippen LogP contribution in [-0.2, 0) is 6.54 Å². The van der Waals surface area contributed by atoms with E-state index >= 15 is 0 Å². The molecule has 1 N–H and O–H groups in total. The number of rotatable bonds is 3. The van der Waals surface area contributed by atoms with Crippen molar-refractivity contribution in [1.82, 2.24) is 0 Å². The second-order valence-electron chi connectivity index (χ2n) is 3.46. The summed E-state index contributed by atoms with van der Waals surface area (Å²) in [6.45, 7) is 0.847. The molecule has 2 aromatic carbocycles. The maximum absolute atomic E-state index is 3.52. The molecule has 0 radical (unpaired) electrons. The van der Waals surface area contributed by atoms with Crippen LogP contribution >= 0.6 is 38.5 Å². The van der Waals surface area contributed by atoms with Crippen LogP contribution in [0.5, 0.6) is 0 Å². The zero-order valence-electron chi connectivity index (χ0n) is 8.58. The molecule has 0 fully saturated rings. The normalized spacial score (nSPS) is 10.1. The van der Waals surface area contributed by atoms with Crippen molar-refractivity contribution >= 4 is 44.2 Å². The third kappa shape index (κ3) is 3.22. The molecule has 0 bridgehead atoms. The van der Waals surface area contributed by atoms with Gasteiger partial charge in [0.25, 0.3) is 0 Å². The van der Waals surface area contributed by atoms with E-state index in [2.05, 4.69) is 74.2 Å². The maximum Gasteiger partial charge on any atom is 0.0487 e. The molecule has 82 valence electrons. The number of para-hydroxylation sites is 1. The monoisotopic (exact) mass is 387 g/mol. The highest BCUT2D eigenvalue weighted by molar-refractivity contribution is 14.1. The van der Waals surface area contributed by atoms with Crippen LogP contribution < -0.4 is 5.32 Å². The lowest BCUT2D eigenvalue weighted by Crippen LogP contribution is -1.99. The van der Waals surface area contributed by atoms with Crippen LogP contribution in [0.3, 0.4) is 0 Å². The molecule has 2 aromatic rings. The quantitative estimate of drug-likeness (QED) is 0.755. The van der Waals surface area contributed by atoms with Gasteiger partial charge >= 0.3 is 0 Å². The predicted molar refractivity (Wildman–Crippen MR) is 80.6 cm³/mol. The number of hydrogen-bond donors (Lipinski definition) is 1. The summed E-state index contributed by atoms with van der Waals surface area (Å²) >= 11 is 5.83. The van der Waals surface area contributed by atoms with Crippen LogP contribution in [0, 0.1) is 3.57 Å². The number of benzene rings is 2. The van der Waals surface area contributed by atoms with E-state index in [1.54, 1.807) is 0 Å². The van der Waals surface area contributed by atoms with Crippen molar-refractivity contribution in [2.45, 2.75) is 6.54 Å². The Labute approximate surface area is 118 Å². The van der Waals surface area contributed by atoms with Crippen molar-refractivity contribution in [3.63, 3.8) is 0 Å². The summed E-state index contributed by atoms with van der Waals surface area (Å²) in [7, 11) is 0. The van der Waals surface area contributed by atoms with E-state index in [4.69, 9.17) is 0 Å². The molecule has 0 aliphatic carbocycles. The van der Waals surface area contributed by atoms with E-state index < -0.39 is 0 Å². The van der Waals surface area contributed by atoms with Gasteiger partial charge in [-0.25, -0.2) is 0 Å². The molecule has 0 aliphatic rings. The molecule has 0 saturated heterocycles. The lowest BCUT2D eigenvalue weighted by atomic mass is 10.2. The molecule has 2 rings (SSSR count). The lowest BCUT2D eigenvalue weighted by molar-refractivity contribution is 1.14. The molecule has 0 heterocycles. The highest BCUT2D eigenvalue weighted by atomic mass is 127. The van der Waals surface area contributed by atoms with Crippen molar-refractivity contribution in [1.29, 1.82) is 0 Å². The Hall–Kier alpha value is -0.550. The molecule has 1 nitrogen and oxygen atoms in total. The molecule has 0 aliphatic heterocycles. The molecular weight excluding hydrogens is 377 g/mol. The Kier molecular flexibility index (Phi) is 4.23. The predicted octanol–water partition coefficient (Wildman–Crippen LogP) is 4.67. The van der Waals surface area contributed by atoms with E-state index in [0.717, 1.165) is 16.7 Å². The SMILES string of the molecule is Brc1ccccc1NCc1ccc(I)cc1. The molecule has 0 amide bonds. The summed E-state index contributed by atoms with van der Waals surface area (Å²) in [6.07, 6.45) is 0. The first-order valence-electron chi connectivity index (χ1n) is 4.98. The fourth-order valence-corrected chi connectivity index (χ4v) is 2.19. The number of nitrogens with one attached hydrogen (secondary N) is 1. The van der Waals surface area contributed by atoms with Crippen molar-refractivity contribution < 1.29 is 0 Å². The van der Waals surface area contributed by atoms with Gasteiger partial charge in [0.2, 0.25) is 0 Å². The van der Waals surface area contributed by atoms with Gasteiger partial charge in [-0.15, -0.1) is 0 Å². The van der Waals surface area contributed by atoms with Crippen LogP contribution in [0.25, 0.3) is 0 Å². The number of halogens is 2. The standard InChI is InChI=1S/C13H11BrIN/c14-12-3-1-2-4-13(12)16-9-10-5-7-11(15)8-6-10/h1-8,16H,9H2. The average Bonchev–Trinajstić information content (AvgIpc) is 2.30. The lowest BCUT2D eigenvalue weighted by Gasteiger charge is -2.08. The molecule has 0 unspecified atom stereocenters. The Bertz CT molecular complexity index is 468. The zero-order valence-corrected chi connectivity index (χ0v) is 12.3. The highest BCUT2D eigenvalue weighted by Crippen LogP contribution is 2.21. The van der Waals surface area contributed by atoms with Gasteiger partial charge in [0.15, 0.2) is 0 Å². The van der Waals surface area contributed by atoms with Gasteiger partial charge in [0.05, 0.1) is 0 Å². The second-order valence-corrected chi connectivity index (χ2v) is 5.56. The smallest absolute Gasteiger partial charge is 0.0487 e. The Balaban J connectivity index is 2.02. The van der Waals surface area contributed by atoms with Crippen molar-refractivity contribution in [3.05, 3.63) is 62.1 Å². The maximum atomic E-state index is 3.52. The summed E-state index contributed by atoms with van der Waals surface area (Å²) in [5.74, 6) is 0. The zero-order chi connectivity index (χ0) is 11.4. The molecule has 0 aromatic heterocycles. The molecule has 16 heavy (non-hydrogen) atoms. The first-order chi connectivity index (χ1) is 7.75. The summed E-state index contributed by atoms with van der Waals surface area (Å²) in [6, 6.07) is 16.7. The fraction of sp³-hybridized carbons (Fsp3) is 0.0769. The van der Waals surface area contributed by atoms with Gasteiger partial charge in [-0.1, -0.05) is 24.3 Å². The van der Waals surface area contributed by atoms with E-state index in [1.807, 2.05) is 18.2 Å². The van der Waals surface area contributed by atoms with E-state index in [1.165, 1.54) is 9.13 Å². The molecule has 0 atom stereocenters. The Morgan fingerprint density at radius 2 is 1.69 bits per heavy atom. The van der Waals surface area contributed by atoms with Gasteiger partial charge in [-0.05, 0) is 68.3 Å². The molecule has 0 saturated carbocycles. The summed E-state index contributed by atoms with van der Waals surface area (Å²) < 4.78 is 2.36. The minimum atomic E-state index is 0.847. The van der Waals surface area contributed by atoms with E-state index in [9.17, 15) is 0 Å². The first kappa shape index (κ1) is 11.9. The minimum absolute atomic E-state index is 0.847. The topological polar surface area (TPSA) is 12.0 Å². The molecular formula is C13H11BrIN. The fourth-order valence-electron chi connectivity index (χ4n) is 1.40. The number of hydrogen-bond acceptors (Lipinski definition) is 1. The Morgan fingerprint density at radius 3 is 2.38 bits per heavy atom. The van der Waals surface area contributed by atoms with Crippen molar-refractivity contribution in [2.75, 3.05) is 5.32 Å². The van der Waals surface area contributed by atoms with Gasteiger partial charge in [0.1, 0.15) is 0 Å². The van der Waals surface area contributed by atoms with E-state index in [0.29, 0.717) is 0 Å². The van der Waals surface area contributed by atoms with Crippen LogP contribution in [-0.4, -0.2) is 0 Å². The summed E-state index contributed by atoms with van der Waals surface area (Å²) in [4.78, 5) is 0. The van der Waals surface area contributed by atoms with Crippen LogP contribution in [0.4, 0.5) is 5.69 Å². The van der Waals surface area contributed by atoms with Gasteiger partial charge in [-0.3, -0.25) is 0 Å². The van der Waals surface area contributed by atoms with Crippen LogP contribution in [0.1, 0.15) is 5.56 Å². The molecule has 0 spiro atoms. The highest BCUT2D eigenvalue weighted by Gasteiger charge is 1.97. The third-order valence-corrected chi connectivity index (χ3v) is 3.68. The number of anilines is 1. The van der Waals surface area contributed by atoms with Gasteiger partial charge < -0.3 is 5.32 Å². The average molecular weight is 388 g/mol. The largest absolute Gasteiger partial charge is 0.380 e. The van der Waals surface area contributed by atoms with E-state index in [-0.39, 0.29) is 0 Å². The van der Waals surface area contributed by atoms with Crippen LogP contribution in [0.15, 0.2) is 53.0 Å². The van der Waals surface area contributed by atoms with Crippen LogP contribution in [0.2, 0.25) is 0 Å².